The lowest BCUT2D eigenvalue weighted by atomic mass is 10.1. The maximum atomic E-state index is 13.0. The van der Waals surface area contributed by atoms with E-state index in [2.05, 4.69) is 30.0 Å². The van der Waals surface area contributed by atoms with E-state index < -0.39 is 0 Å². The fraction of sp³-hybridized carbons (Fsp3) is 0.350. The number of methoxy groups -OCH3 is 1. The summed E-state index contributed by atoms with van der Waals surface area (Å²) < 4.78 is 5.25. The molecule has 0 atom stereocenters. The highest BCUT2D eigenvalue weighted by Gasteiger charge is 2.27. The Kier molecular flexibility index (Phi) is 5.24. The van der Waals surface area contributed by atoms with Crippen LogP contribution in [0.5, 0.6) is 5.75 Å². The number of amides is 1. The van der Waals surface area contributed by atoms with Crippen molar-refractivity contribution in [3.05, 3.63) is 54.1 Å². The monoisotopic (exact) mass is 339 g/mol. The zero-order valence-corrected chi connectivity index (χ0v) is 15.1. The molecule has 2 aromatic carbocycles. The summed E-state index contributed by atoms with van der Waals surface area (Å²) in [5.74, 6) is 0.711. The Hall–Kier alpha value is -2.53. The Bertz CT molecular complexity index is 745. The summed E-state index contributed by atoms with van der Waals surface area (Å²) in [6.45, 7) is 3.45. The molecule has 0 saturated carbocycles. The van der Waals surface area contributed by atoms with Crippen LogP contribution in [-0.2, 0) is 0 Å². The van der Waals surface area contributed by atoms with Crippen molar-refractivity contribution in [1.29, 1.82) is 0 Å². The number of carbonyl (C=O) groups excluding carboxylic acids is 1. The molecule has 0 spiro atoms. The van der Waals surface area contributed by atoms with Gasteiger partial charge in [-0.25, -0.2) is 0 Å². The minimum Gasteiger partial charge on any atom is -0.497 e. The molecule has 1 amide bonds. The van der Waals surface area contributed by atoms with Crippen molar-refractivity contribution in [2.24, 2.45) is 0 Å². The summed E-state index contributed by atoms with van der Waals surface area (Å²) in [6.07, 6.45) is 0. The summed E-state index contributed by atoms with van der Waals surface area (Å²) >= 11 is 0. The minimum absolute atomic E-state index is 0.0126. The van der Waals surface area contributed by atoms with Crippen LogP contribution < -0.4 is 14.5 Å². The molecule has 132 valence electrons. The van der Waals surface area contributed by atoms with Crippen LogP contribution in [0.2, 0.25) is 0 Å². The van der Waals surface area contributed by atoms with Crippen LogP contribution >= 0.6 is 0 Å². The molecule has 5 heteroatoms. The molecule has 1 aliphatic heterocycles. The van der Waals surface area contributed by atoms with Crippen LogP contribution in [0.15, 0.2) is 48.5 Å². The van der Waals surface area contributed by atoms with E-state index in [4.69, 9.17) is 4.74 Å². The predicted molar refractivity (Wildman–Crippen MR) is 102 cm³/mol. The van der Waals surface area contributed by atoms with Gasteiger partial charge in [0.25, 0.3) is 5.91 Å². The lowest BCUT2D eigenvalue weighted by Crippen LogP contribution is -2.45. The third-order valence-electron chi connectivity index (χ3n) is 4.49. The molecule has 1 aliphatic rings. The van der Waals surface area contributed by atoms with Crippen molar-refractivity contribution in [2.45, 2.75) is 0 Å². The van der Waals surface area contributed by atoms with Gasteiger partial charge < -0.3 is 19.4 Å². The normalized spacial score (nSPS) is 13.8. The van der Waals surface area contributed by atoms with Gasteiger partial charge in [-0.05, 0) is 44.4 Å². The topological polar surface area (TPSA) is 36.0 Å². The maximum Gasteiger partial charge on any atom is 0.258 e. The van der Waals surface area contributed by atoms with E-state index in [1.165, 1.54) is 0 Å². The fourth-order valence-corrected chi connectivity index (χ4v) is 3.10. The van der Waals surface area contributed by atoms with Crippen molar-refractivity contribution in [1.82, 2.24) is 4.90 Å². The fourth-order valence-electron chi connectivity index (χ4n) is 3.10. The largest absolute Gasteiger partial charge is 0.497 e. The standard InChI is InChI=1S/C20H25N3O2/c1-21(2)11-12-22-13-14-23(19-10-5-4-9-18(19)22)20(24)16-7-6-8-17(15-16)25-3/h4-10,15H,11-14H2,1-3H3. The van der Waals surface area contributed by atoms with Gasteiger partial charge in [0.2, 0.25) is 0 Å². The second kappa shape index (κ2) is 7.57. The summed E-state index contributed by atoms with van der Waals surface area (Å²) in [5.41, 5.74) is 2.74. The molecule has 2 aromatic rings. The SMILES string of the molecule is COc1cccc(C(=O)N2CCN(CCN(C)C)c3ccccc32)c1. The lowest BCUT2D eigenvalue weighted by molar-refractivity contribution is 0.0986. The number of hydrogen-bond donors (Lipinski definition) is 0. The van der Waals surface area contributed by atoms with Crippen molar-refractivity contribution >= 4 is 17.3 Å². The lowest BCUT2D eigenvalue weighted by Gasteiger charge is -2.38. The van der Waals surface area contributed by atoms with E-state index in [0.717, 1.165) is 31.0 Å². The number of ether oxygens (including phenoxy) is 1. The molecule has 1 heterocycles. The first-order valence-corrected chi connectivity index (χ1v) is 8.55. The molecule has 0 unspecified atom stereocenters. The second-order valence-electron chi connectivity index (χ2n) is 6.47. The third kappa shape index (κ3) is 3.77. The van der Waals surface area contributed by atoms with Gasteiger partial charge in [-0.3, -0.25) is 4.79 Å². The number of likely N-dealkylation sites (N-methyl/N-ethyl adjacent to an activating group) is 1. The number of hydrogen-bond acceptors (Lipinski definition) is 4. The van der Waals surface area contributed by atoms with E-state index >= 15 is 0 Å². The van der Waals surface area contributed by atoms with E-state index in [1.54, 1.807) is 13.2 Å². The summed E-state index contributed by atoms with van der Waals surface area (Å²) in [4.78, 5) is 19.4. The van der Waals surface area contributed by atoms with Gasteiger partial charge in [-0.2, -0.15) is 0 Å². The van der Waals surface area contributed by atoms with Crippen LogP contribution in [0, 0.1) is 0 Å². The number of carbonyl (C=O) groups is 1. The summed E-state index contributed by atoms with van der Waals surface area (Å²) in [7, 11) is 5.77. The highest BCUT2D eigenvalue weighted by atomic mass is 16.5. The zero-order chi connectivity index (χ0) is 17.8. The predicted octanol–water partition coefficient (Wildman–Crippen LogP) is 2.72. The van der Waals surface area contributed by atoms with Gasteiger partial charge in [0.1, 0.15) is 5.75 Å². The molecule has 0 fully saturated rings. The van der Waals surface area contributed by atoms with E-state index in [9.17, 15) is 4.79 Å². The Morgan fingerprint density at radius 2 is 1.84 bits per heavy atom. The average Bonchev–Trinajstić information content (AvgIpc) is 2.65. The van der Waals surface area contributed by atoms with Crippen molar-refractivity contribution < 1.29 is 9.53 Å². The molecular weight excluding hydrogens is 314 g/mol. The van der Waals surface area contributed by atoms with Crippen molar-refractivity contribution in [3.63, 3.8) is 0 Å². The molecule has 0 aromatic heterocycles. The van der Waals surface area contributed by atoms with Gasteiger partial charge in [-0.1, -0.05) is 18.2 Å². The highest BCUT2D eigenvalue weighted by Crippen LogP contribution is 2.33. The molecule has 0 radical (unpaired) electrons. The molecule has 25 heavy (non-hydrogen) atoms. The number of rotatable bonds is 5. The van der Waals surface area contributed by atoms with Crippen molar-refractivity contribution in [3.8, 4) is 5.75 Å². The molecule has 3 rings (SSSR count). The van der Waals surface area contributed by atoms with Gasteiger partial charge >= 0.3 is 0 Å². The Labute approximate surface area is 149 Å². The van der Waals surface area contributed by atoms with Crippen LogP contribution in [-0.4, -0.2) is 58.2 Å². The smallest absolute Gasteiger partial charge is 0.258 e. The van der Waals surface area contributed by atoms with E-state index in [0.29, 0.717) is 17.9 Å². The molecule has 5 nitrogen and oxygen atoms in total. The van der Waals surface area contributed by atoms with Gasteiger partial charge in [0, 0.05) is 31.7 Å². The Morgan fingerprint density at radius 3 is 2.56 bits per heavy atom. The summed E-state index contributed by atoms with van der Waals surface area (Å²) in [5, 5.41) is 0. The van der Waals surface area contributed by atoms with Crippen molar-refractivity contribution in [2.75, 3.05) is 57.2 Å². The molecule has 0 bridgehead atoms. The Morgan fingerprint density at radius 1 is 1.08 bits per heavy atom. The van der Waals surface area contributed by atoms with Crippen LogP contribution in [0.4, 0.5) is 11.4 Å². The van der Waals surface area contributed by atoms with Gasteiger partial charge in [-0.15, -0.1) is 0 Å². The maximum absolute atomic E-state index is 13.0. The third-order valence-corrected chi connectivity index (χ3v) is 4.49. The summed E-state index contributed by atoms with van der Waals surface area (Å²) in [6, 6.07) is 15.5. The highest BCUT2D eigenvalue weighted by molar-refractivity contribution is 6.08. The molecular formula is C20H25N3O2. The number of benzene rings is 2. The zero-order valence-electron chi connectivity index (χ0n) is 15.1. The van der Waals surface area contributed by atoms with Crippen LogP contribution in [0.1, 0.15) is 10.4 Å². The molecule has 0 saturated heterocycles. The minimum atomic E-state index is 0.0126. The average molecular weight is 339 g/mol. The van der Waals surface area contributed by atoms with Gasteiger partial charge in [0.15, 0.2) is 0 Å². The van der Waals surface area contributed by atoms with Crippen LogP contribution in [0.25, 0.3) is 0 Å². The molecule has 0 N–H and O–H groups in total. The molecule has 0 aliphatic carbocycles. The first kappa shape index (κ1) is 17.3. The van der Waals surface area contributed by atoms with Crippen LogP contribution in [0.3, 0.4) is 0 Å². The van der Waals surface area contributed by atoms with E-state index in [-0.39, 0.29) is 5.91 Å². The number of fused-ring (bicyclic) bond motifs is 1. The second-order valence-corrected chi connectivity index (χ2v) is 6.47. The number of nitrogens with zero attached hydrogens (tertiary/aromatic N) is 3. The quantitative estimate of drug-likeness (QED) is 0.839. The first-order chi connectivity index (χ1) is 12.1. The Balaban J connectivity index is 1.87. The number of anilines is 2. The first-order valence-electron chi connectivity index (χ1n) is 8.55. The number of para-hydroxylation sites is 2. The van der Waals surface area contributed by atoms with E-state index in [1.807, 2.05) is 41.3 Å². The van der Waals surface area contributed by atoms with Gasteiger partial charge in [0.05, 0.1) is 18.5 Å².